The highest BCUT2D eigenvalue weighted by Gasteiger charge is 2.05. The summed E-state index contributed by atoms with van der Waals surface area (Å²) >= 11 is 0. The van der Waals surface area contributed by atoms with Crippen LogP contribution in [0.2, 0.25) is 0 Å². The second kappa shape index (κ2) is 6.20. The van der Waals surface area contributed by atoms with E-state index in [1.807, 2.05) is 38.4 Å². The molecule has 0 atom stereocenters. The average molecular weight is 259 g/mol. The number of furan rings is 1. The lowest BCUT2D eigenvalue weighted by Crippen LogP contribution is -2.19. The van der Waals surface area contributed by atoms with Crippen LogP contribution in [0.4, 0.5) is 0 Å². The second-order valence-corrected chi connectivity index (χ2v) is 4.50. The zero-order valence-electron chi connectivity index (χ0n) is 11.1. The molecule has 0 bridgehead atoms. The Morgan fingerprint density at radius 3 is 2.79 bits per heavy atom. The van der Waals surface area contributed by atoms with Crippen LogP contribution in [0.3, 0.4) is 0 Å². The molecule has 0 aliphatic rings. The summed E-state index contributed by atoms with van der Waals surface area (Å²) in [5, 5.41) is 0. The summed E-state index contributed by atoms with van der Waals surface area (Å²) in [5.41, 5.74) is 0.899. The maximum atomic E-state index is 10.6. The molecule has 4 nitrogen and oxygen atoms in total. The van der Waals surface area contributed by atoms with Crippen LogP contribution in [0.25, 0.3) is 11.3 Å². The van der Waals surface area contributed by atoms with Crippen molar-refractivity contribution in [2.24, 2.45) is 0 Å². The van der Waals surface area contributed by atoms with E-state index in [9.17, 15) is 4.79 Å². The van der Waals surface area contributed by atoms with Gasteiger partial charge in [0.05, 0.1) is 0 Å². The van der Waals surface area contributed by atoms with Crippen LogP contribution in [0, 0.1) is 0 Å². The molecule has 1 aromatic carbocycles. The molecule has 0 saturated carbocycles. The third-order valence-corrected chi connectivity index (χ3v) is 2.67. The maximum Gasteiger partial charge on any atom is 0.185 e. The molecule has 0 aliphatic heterocycles. The number of aldehydes is 1. The van der Waals surface area contributed by atoms with E-state index in [1.165, 1.54) is 0 Å². The highest BCUT2D eigenvalue weighted by Crippen LogP contribution is 2.25. The van der Waals surface area contributed by atoms with Crippen molar-refractivity contribution in [3.63, 3.8) is 0 Å². The number of carbonyl (C=O) groups excluding carboxylic acids is 1. The first-order chi connectivity index (χ1) is 9.19. The predicted octanol–water partition coefficient (Wildman–Crippen LogP) is 2.70. The number of rotatable bonds is 6. The SMILES string of the molecule is CN(C)CCOc1cccc(-c2ccc(C=O)o2)c1. The van der Waals surface area contributed by atoms with Crippen molar-refractivity contribution in [2.45, 2.75) is 0 Å². The van der Waals surface area contributed by atoms with Gasteiger partial charge in [-0.15, -0.1) is 0 Å². The lowest BCUT2D eigenvalue weighted by molar-refractivity contribution is 0.110. The number of benzene rings is 1. The molecular weight excluding hydrogens is 242 g/mol. The van der Waals surface area contributed by atoms with Crippen molar-refractivity contribution in [1.29, 1.82) is 0 Å². The van der Waals surface area contributed by atoms with E-state index in [1.54, 1.807) is 12.1 Å². The molecule has 0 N–H and O–H groups in total. The minimum absolute atomic E-state index is 0.328. The maximum absolute atomic E-state index is 10.6. The number of nitrogens with zero attached hydrogens (tertiary/aromatic N) is 1. The molecule has 19 heavy (non-hydrogen) atoms. The third kappa shape index (κ3) is 3.69. The quantitative estimate of drug-likeness (QED) is 0.748. The Balaban J connectivity index is 2.08. The standard InChI is InChI=1S/C15H17NO3/c1-16(2)8-9-18-13-5-3-4-12(10-13)15-7-6-14(11-17)19-15/h3-7,10-11H,8-9H2,1-2H3. The zero-order valence-corrected chi connectivity index (χ0v) is 11.1. The molecular formula is C15H17NO3. The normalized spacial score (nSPS) is 10.7. The molecule has 0 amide bonds. The second-order valence-electron chi connectivity index (χ2n) is 4.50. The number of carbonyl (C=O) groups is 1. The Kier molecular flexibility index (Phi) is 4.36. The summed E-state index contributed by atoms with van der Waals surface area (Å²) < 4.78 is 11.0. The largest absolute Gasteiger partial charge is 0.492 e. The summed E-state index contributed by atoms with van der Waals surface area (Å²) in [6.45, 7) is 1.49. The summed E-state index contributed by atoms with van der Waals surface area (Å²) in [4.78, 5) is 12.7. The molecule has 2 aromatic rings. The van der Waals surface area contributed by atoms with Crippen molar-refractivity contribution in [3.8, 4) is 17.1 Å². The molecule has 0 aliphatic carbocycles. The lowest BCUT2D eigenvalue weighted by atomic mass is 10.1. The van der Waals surface area contributed by atoms with Gasteiger partial charge in [0.25, 0.3) is 0 Å². The Labute approximate surface area is 112 Å². The molecule has 1 heterocycles. The van der Waals surface area contributed by atoms with Gasteiger partial charge in [-0.25, -0.2) is 0 Å². The van der Waals surface area contributed by atoms with Crippen LogP contribution in [0.5, 0.6) is 5.75 Å². The van der Waals surface area contributed by atoms with Gasteiger partial charge in [0.2, 0.25) is 0 Å². The smallest absolute Gasteiger partial charge is 0.185 e. The van der Waals surface area contributed by atoms with Crippen molar-refractivity contribution < 1.29 is 13.9 Å². The van der Waals surface area contributed by atoms with E-state index >= 15 is 0 Å². The van der Waals surface area contributed by atoms with E-state index in [-0.39, 0.29) is 0 Å². The van der Waals surface area contributed by atoms with Gasteiger partial charge in [-0.3, -0.25) is 4.79 Å². The van der Waals surface area contributed by atoms with Gasteiger partial charge in [-0.2, -0.15) is 0 Å². The Bertz CT molecular complexity index is 546. The topological polar surface area (TPSA) is 42.7 Å². The van der Waals surface area contributed by atoms with Crippen molar-refractivity contribution in [3.05, 3.63) is 42.2 Å². The minimum Gasteiger partial charge on any atom is -0.492 e. The van der Waals surface area contributed by atoms with Crippen LogP contribution in [-0.4, -0.2) is 38.4 Å². The van der Waals surface area contributed by atoms with Crippen LogP contribution in [0.15, 0.2) is 40.8 Å². The molecule has 2 rings (SSSR count). The average Bonchev–Trinajstić information content (AvgIpc) is 2.87. The summed E-state index contributed by atoms with van der Waals surface area (Å²) in [5.74, 6) is 1.79. The fourth-order valence-corrected chi connectivity index (χ4v) is 1.66. The first-order valence-electron chi connectivity index (χ1n) is 6.12. The molecule has 100 valence electrons. The van der Waals surface area contributed by atoms with E-state index in [0.29, 0.717) is 24.4 Å². The summed E-state index contributed by atoms with van der Waals surface area (Å²) in [6, 6.07) is 11.1. The van der Waals surface area contributed by atoms with Crippen LogP contribution in [-0.2, 0) is 0 Å². The summed E-state index contributed by atoms with van der Waals surface area (Å²) in [6.07, 6.45) is 0.695. The fraction of sp³-hybridized carbons (Fsp3) is 0.267. The van der Waals surface area contributed by atoms with E-state index in [4.69, 9.17) is 9.15 Å². The molecule has 1 aromatic heterocycles. The molecule has 0 unspecified atom stereocenters. The van der Waals surface area contributed by atoms with Gasteiger partial charge in [-0.05, 0) is 38.4 Å². The third-order valence-electron chi connectivity index (χ3n) is 2.67. The highest BCUT2D eigenvalue weighted by atomic mass is 16.5. The van der Waals surface area contributed by atoms with Gasteiger partial charge in [0.15, 0.2) is 12.0 Å². The molecule has 0 radical (unpaired) electrons. The van der Waals surface area contributed by atoms with Crippen LogP contribution >= 0.6 is 0 Å². The monoisotopic (exact) mass is 259 g/mol. The lowest BCUT2D eigenvalue weighted by Gasteiger charge is -2.11. The molecule has 0 fully saturated rings. The number of hydrogen-bond donors (Lipinski definition) is 0. The molecule has 0 saturated heterocycles. The first kappa shape index (κ1) is 13.4. The van der Waals surface area contributed by atoms with Gasteiger partial charge in [0, 0.05) is 12.1 Å². The minimum atomic E-state index is 0.328. The number of likely N-dealkylation sites (N-methyl/N-ethyl adjacent to an activating group) is 1. The van der Waals surface area contributed by atoms with Gasteiger partial charge in [-0.1, -0.05) is 12.1 Å². The van der Waals surface area contributed by atoms with Gasteiger partial charge < -0.3 is 14.1 Å². The molecule has 4 heteroatoms. The molecule has 0 spiro atoms. The van der Waals surface area contributed by atoms with Crippen molar-refractivity contribution in [1.82, 2.24) is 4.90 Å². The Morgan fingerprint density at radius 1 is 1.26 bits per heavy atom. The predicted molar refractivity (Wildman–Crippen MR) is 73.6 cm³/mol. The van der Waals surface area contributed by atoms with Crippen LogP contribution in [0.1, 0.15) is 10.6 Å². The van der Waals surface area contributed by atoms with Gasteiger partial charge >= 0.3 is 0 Å². The fourth-order valence-electron chi connectivity index (χ4n) is 1.66. The highest BCUT2D eigenvalue weighted by molar-refractivity contribution is 5.73. The Hall–Kier alpha value is -2.07. The van der Waals surface area contributed by atoms with Crippen molar-refractivity contribution in [2.75, 3.05) is 27.2 Å². The van der Waals surface area contributed by atoms with Gasteiger partial charge in [0.1, 0.15) is 18.1 Å². The number of ether oxygens (including phenoxy) is 1. The first-order valence-corrected chi connectivity index (χ1v) is 6.12. The summed E-state index contributed by atoms with van der Waals surface area (Å²) in [7, 11) is 4.01. The van der Waals surface area contributed by atoms with Crippen molar-refractivity contribution >= 4 is 6.29 Å². The van der Waals surface area contributed by atoms with Crippen LogP contribution < -0.4 is 4.74 Å². The number of hydrogen-bond acceptors (Lipinski definition) is 4. The van der Waals surface area contributed by atoms with E-state index in [2.05, 4.69) is 4.90 Å². The van der Waals surface area contributed by atoms with E-state index < -0.39 is 0 Å². The zero-order chi connectivity index (χ0) is 13.7. The van der Waals surface area contributed by atoms with E-state index in [0.717, 1.165) is 17.9 Å². The Morgan fingerprint density at radius 2 is 2.11 bits per heavy atom.